The van der Waals surface area contributed by atoms with Gasteiger partial charge >= 0.3 is 0 Å². The molecule has 1 aromatic heterocycles. The molecular formula is C18H25N3O2. The van der Waals surface area contributed by atoms with Crippen LogP contribution in [0.5, 0.6) is 0 Å². The molecule has 5 nitrogen and oxygen atoms in total. The summed E-state index contributed by atoms with van der Waals surface area (Å²) in [5.41, 5.74) is 4.02. The van der Waals surface area contributed by atoms with Crippen molar-refractivity contribution in [2.24, 2.45) is 7.05 Å². The van der Waals surface area contributed by atoms with E-state index in [0.29, 0.717) is 6.54 Å². The van der Waals surface area contributed by atoms with E-state index in [0.717, 1.165) is 35.4 Å². The monoisotopic (exact) mass is 315 g/mol. The summed E-state index contributed by atoms with van der Waals surface area (Å²) in [6.45, 7) is 4.60. The highest BCUT2D eigenvalue weighted by atomic mass is 16.3. The molecule has 0 aliphatic rings. The lowest BCUT2D eigenvalue weighted by Crippen LogP contribution is -2.25. The van der Waals surface area contributed by atoms with Crippen molar-refractivity contribution in [1.29, 1.82) is 0 Å². The van der Waals surface area contributed by atoms with Crippen molar-refractivity contribution in [1.82, 2.24) is 15.1 Å². The molecule has 2 N–H and O–H groups in total. The molecular weight excluding hydrogens is 290 g/mol. The molecule has 0 spiro atoms. The molecule has 2 aromatic rings. The maximum atomic E-state index is 12.1. The number of aliphatic hydroxyl groups is 1. The lowest BCUT2D eigenvalue weighted by atomic mass is 10.1. The number of hydrogen-bond donors (Lipinski definition) is 2. The molecule has 1 amide bonds. The summed E-state index contributed by atoms with van der Waals surface area (Å²) in [7, 11) is 1.93. The van der Waals surface area contributed by atoms with Crippen LogP contribution in [-0.2, 0) is 31.2 Å². The maximum Gasteiger partial charge on any atom is 0.223 e. The van der Waals surface area contributed by atoms with Crippen molar-refractivity contribution in [3.63, 3.8) is 0 Å². The fourth-order valence-electron chi connectivity index (χ4n) is 2.82. The summed E-state index contributed by atoms with van der Waals surface area (Å²) in [5, 5.41) is 17.5. The van der Waals surface area contributed by atoms with E-state index in [-0.39, 0.29) is 12.3 Å². The largest absolute Gasteiger partial charge is 0.388 e. The smallest absolute Gasteiger partial charge is 0.223 e. The zero-order valence-corrected chi connectivity index (χ0v) is 14.0. The summed E-state index contributed by atoms with van der Waals surface area (Å²) in [6, 6.07) is 9.24. The average molecular weight is 315 g/mol. The van der Waals surface area contributed by atoms with Crippen LogP contribution in [0, 0.1) is 0 Å². The third-order valence-corrected chi connectivity index (χ3v) is 4.05. The second-order valence-electron chi connectivity index (χ2n) is 5.61. The molecule has 0 saturated carbocycles. The Morgan fingerprint density at radius 1 is 1.26 bits per heavy atom. The van der Waals surface area contributed by atoms with E-state index in [9.17, 15) is 9.90 Å². The summed E-state index contributed by atoms with van der Waals surface area (Å²) >= 11 is 0. The minimum absolute atomic E-state index is 0.0627. The SMILES string of the molecule is CCc1nn(C)c(CC)c1CNC(=O)CC(O)c1ccccc1. The van der Waals surface area contributed by atoms with Gasteiger partial charge in [-0.1, -0.05) is 44.2 Å². The van der Waals surface area contributed by atoms with E-state index in [4.69, 9.17) is 0 Å². The first-order valence-electron chi connectivity index (χ1n) is 8.10. The summed E-state index contributed by atoms with van der Waals surface area (Å²) in [4.78, 5) is 12.1. The molecule has 23 heavy (non-hydrogen) atoms. The zero-order chi connectivity index (χ0) is 16.8. The Morgan fingerprint density at radius 2 is 1.96 bits per heavy atom. The summed E-state index contributed by atoms with van der Waals surface area (Å²) in [5.74, 6) is -0.158. The molecule has 1 atom stereocenters. The van der Waals surface area contributed by atoms with Gasteiger partial charge in [0, 0.05) is 24.8 Å². The van der Waals surface area contributed by atoms with Crippen LogP contribution in [0.2, 0.25) is 0 Å². The number of aliphatic hydroxyl groups excluding tert-OH is 1. The van der Waals surface area contributed by atoms with Crippen molar-refractivity contribution in [3.05, 3.63) is 52.8 Å². The van der Waals surface area contributed by atoms with Crippen molar-refractivity contribution in [3.8, 4) is 0 Å². The van der Waals surface area contributed by atoms with Gasteiger partial charge in [0.2, 0.25) is 5.91 Å². The van der Waals surface area contributed by atoms with E-state index in [1.54, 1.807) is 0 Å². The molecule has 1 unspecified atom stereocenters. The zero-order valence-electron chi connectivity index (χ0n) is 14.0. The number of aryl methyl sites for hydroxylation is 2. The van der Waals surface area contributed by atoms with Gasteiger partial charge < -0.3 is 10.4 Å². The van der Waals surface area contributed by atoms with Gasteiger partial charge in [-0.2, -0.15) is 5.10 Å². The lowest BCUT2D eigenvalue weighted by molar-refractivity contribution is -0.123. The lowest BCUT2D eigenvalue weighted by Gasteiger charge is -2.12. The normalized spacial score (nSPS) is 12.2. The van der Waals surface area contributed by atoms with E-state index in [1.807, 2.05) is 42.1 Å². The van der Waals surface area contributed by atoms with Crippen LogP contribution >= 0.6 is 0 Å². The first kappa shape index (κ1) is 17.2. The maximum absolute atomic E-state index is 12.1. The molecule has 0 radical (unpaired) electrons. The highest BCUT2D eigenvalue weighted by Gasteiger charge is 2.16. The molecule has 0 bridgehead atoms. The Kier molecular flexibility index (Phi) is 5.93. The Bertz CT molecular complexity index is 650. The number of carbonyl (C=O) groups excluding carboxylic acids is 1. The van der Waals surface area contributed by atoms with Crippen molar-refractivity contribution < 1.29 is 9.90 Å². The topological polar surface area (TPSA) is 67.2 Å². The molecule has 0 aliphatic heterocycles. The first-order valence-corrected chi connectivity index (χ1v) is 8.10. The molecule has 124 valence electrons. The van der Waals surface area contributed by atoms with Gasteiger partial charge in [0.1, 0.15) is 0 Å². The number of nitrogens with zero attached hydrogens (tertiary/aromatic N) is 2. The molecule has 0 aliphatic carbocycles. The Hall–Kier alpha value is -2.14. The van der Waals surface area contributed by atoms with Gasteiger partial charge in [-0.15, -0.1) is 0 Å². The average Bonchev–Trinajstić information content (AvgIpc) is 2.88. The second-order valence-corrected chi connectivity index (χ2v) is 5.61. The minimum atomic E-state index is -0.776. The van der Waals surface area contributed by atoms with E-state index in [1.165, 1.54) is 0 Å². The number of benzene rings is 1. The van der Waals surface area contributed by atoms with Crippen LogP contribution in [0.3, 0.4) is 0 Å². The molecule has 1 aromatic carbocycles. The predicted octanol–water partition coefficient (Wildman–Crippen LogP) is 2.28. The van der Waals surface area contributed by atoms with Crippen molar-refractivity contribution in [2.45, 2.75) is 45.8 Å². The Labute approximate surface area is 137 Å². The third-order valence-electron chi connectivity index (χ3n) is 4.05. The number of amides is 1. The summed E-state index contributed by atoms with van der Waals surface area (Å²) in [6.07, 6.45) is 1.00. The van der Waals surface area contributed by atoms with Crippen molar-refractivity contribution in [2.75, 3.05) is 0 Å². The summed E-state index contributed by atoms with van der Waals surface area (Å²) < 4.78 is 1.89. The van der Waals surface area contributed by atoms with Crippen LogP contribution in [0.15, 0.2) is 30.3 Å². The highest BCUT2D eigenvalue weighted by Crippen LogP contribution is 2.17. The van der Waals surface area contributed by atoms with Crippen LogP contribution in [0.25, 0.3) is 0 Å². The standard InChI is InChI=1S/C18H25N3O2/c1-4-15-14(16(5-2)21(3)20-15)12-19-18(23)11-17(22)13-9-7-6-8-10-13/h6-10,17,22H,4-5,11-12H2,1-3H3,(H,19,23). The van der Waals surface area contributed by atoms with Gasteiger partial charge in [-0.05, 0) is 18.4 Å². The van der Waals surface area contributed by atoms with E-state index >= 15 is 0 Å². The Morgan fingerprint density at radius 3 is 2.57 bits per heavy atom. The quantitative estimate of drug-likeness (QED) is 0.824. The fourth-order valence-corrected chi connectivity index (χ4v) is 2.82. The van der Waals surface area contributed by atoms with E-state index < -0.39 is 6.10 Å². The number of nitrogens with one attached hydrogen (secondary N) is 1. The molecule has 0 fully saturated rings. The first-order chi connectivity index (χ1) is 11.1. The number of carbonyl (C=O) groups is 1. The number of aromatic nitrogens is 2. The molecule has 5 heteroatoms. The predicted molar refractivity (Wildman–Crippen MR) is 89.8 cm³/mol. The Balaban J connectivity index is 1.97. The van der Waals surface area contributed by atoms with E-state index in [2.05, 4.69) is 24.3 Å². The highest BCUT2D eigenvalue weighted by molar-refractivity contribution is 5.76. The fraction of sp³-hybridized carbons (Fsp3) is 0.444. The van der Waals surface area contributed by atoms with Gasteiger partial charge in [0.05, 0.1) is 18.2 Å². The van der Waals surface area contributed by atoms with Gasteiger partial charge in [0.15, 0.2) is 0 Å². The number of rotatable bonds is 7. The molecule has 0 saturated heterocycles. The van der Waals surface area contributed by atoms with Crippen LogP contribution in [0.1, 0.15) is 48.9 Å². The van der Waals surface area contributed by atoms with Crippen molar-refractivity contribution >= 4 is 5.91 Å². The van der Waals surface area contributed by atoms with Crippen LogP contribution in [-0.4, -0.2) is 20.8 Å². The van der Waals surface area contributed by atoms with Crippen LogP contribution < -0.4 is 5.32 Å². The van der Waals surface area contributed by atoms with Gasteiger partial charge in [-0.3, -0.25) is 9.48 Å². The number of hydrogen-bond acceptors (Lipinski definition) is 3. The molecule has 2 rings (SSSR count). The van der Waals surface area contributed by atoms with Crippen LogP contribution in [0.4, 0.5) is 0 Å². The van der Waals surface area contributed by atoms with Gasteiger partial charge in [0.25, 0.3) is 0 Å². The molecule has 1 heterocycles. The second kappa shape index (κ2) is 7.92. The third kappa shape index (κ3) is 4.20. The van der Waals surface area contributed by atoms with Gasteiger partial charge in [-0.25, -0.2) is 0 Å². The minimum Gasteiger partial charge on any atom is -0.388 e.